The number of carbonyl (C=O) groups excluding carboxylic acids is 2. The van der Waals surface area contributed by atoms with E-state index in [1.165, 1.54) is 49.5 Å². The van der Waals surface area contributed by atoms with Crippen LogP contribution in [-0.2, 0) is 0 Å². The number of nitrogens with zero attached hydrogens (tertiary/aromatic N) is 1. The van der Waals surface area contributed by atoms with E-state index in [1.807, 2.05) is 6.07 Å². The highest BCUT2D eigenvalue weighted by Crippen LogP contribution is 2.22. The van der Waals surface area contributed by atoms with Gasteiger partial charge in [0.25, 0.3) is 11.8 Å². The van der Waals surface area contributed by atoms with E-state index in [1.54, 1.807) is 18.2 Å². The van der Waals surface area contributed by atoms with Crippen molar-refractivity contribution in [2.24, 2.45) is 0 Å². The van der Waals surface area contributed by atoms with Gasteiger partial charge in [0.2, 0.25) is 0 Å². The van der Waals surface area contributed by atoms with Gasteiger partial charge in [-0.2, -0.15) is 0 Å². The Balaban J connectivity index is 1.40. The topological polar surface area (TPSA) is 86.5 Å². The third-order valence-corrected chi connectivity index (χ3v) is 5.34. The molecule has 2 aromatic carbocycles. The van der Waals surface area contributed by atoms with E-state index in [0.29, 0.717) is 29.3 Å². The number of para-hydroxylation sites is 1. The molecule has 0 radical (unpaired) electrons. The molecule has 1 saturated heterocycles. The van der Waals surface area contributed by atoms with Crippen LogP contribution in [0.2, 0.25) is 0 Å². The van der Waals surface area contributed by atoms with E-state index in [-0.39, 0.29) is 17.3 Å². The molecule has 0 bridgehead atoms. The molecule has 1 aromatic heterocycles. The third-order valence-electron chi connectivity index (χ3n) is 5.34. The van der Waals surface area contributed by atoms with Gasteiger partial charge in [-0.1, -0.05) is 12.1 Å². The predicted molar refractivity (Wildman–Crippen MR) is 121 cm³/mol. The molecule has 7 nitrogen and oxygen atoms in total. The number of amides is 2. The van der Waals surface area contributed by atoms with Crippen LogP contribution in [0.15, 0.2) is 60.9 Å². The Morgan fingerprint density at radius 3 is 2.44 bits per heavy atom. The lowest BCUT2D eigenvalue weighted by atomic mass is 10.1. The van der Waals surface area contributed by atoms with Gasteiger partial charge in [-0.15, -0.1) is 0 Å². The number of nitrogens with one attached hydrogen (secondary N) is 3. The summed E-state index contributed by atoms with van der Waals surface area (Å²) in [6.07, 6.45) is 5.46. The summed E-state index contributed by atoms with van der Waals surface area (Å²) >= 11 is 0. The maximum absolute atomic E-state index is 13.1. The Kier molecular flexibility index (Phi) is 6.81. The van der Waals surface area contributed by atoms with Crippen molar-refractivity contribution in [3.8, 4) is 5.75 Å². The first-order valence-corrected chi connectivity index (χ1v) is 10.6. The second-order valence-electron chi connectivity index (χ2n) is 7.59. The van der Waals surface area contributed by atoms with Crippen molar-refractivity contribution in [1.82, 2.24) is 9.88 Å². The number of halogens is 1. The maximum Gasteiger partial charge on any atom is 0.259 e. The van der Waals surface area contributed by atoms with Crippen molar-refractivity contribution >= 4 is 23.2 Å². The number of hydrogen-bond acceptors (Lipinski definition) is 4. The zero-order valence-electron chi connectivity index (χ0n) is 17.6. The molecule has 166 valence electrons. The summed E-state index contributed by atoms with van der Waals surface area (Å²) in [5, 5.41) is 5.46. The van der Waals surface area contributed by atoms with Gasteiger partial charge in [0.1, 0.15) is 18.2 Å². The Bertz CT molecular complexity index is 1070. The lowest BCUT2D eigenvalue weighted by Gasteiger charge is -2.16. The number of rotatable bonds is 8. The number of H-pyrrole nitrogens is 1. The van der Waals surface area contributed by atoms with Crippen molar-refractivity contribution in [3.05, 3.63) is 77.9 Å². The number of likely N-dealkylation sites (tertiary alicyclic amines) is 1. The fourth-order valence-electron chi connectivity index (χ4n) is 3.65. The zero-order valence-corrected chi connectivity index (χ0v) is 17.6. The van der Waals surface area contributed by atoms with Gasteiger partial charge in [-0.25, -0.2) is 4.39 Å². The lowest BCUT2D eigenvalue weighted by Crippen LogP contribution is -2.25. The highest BCUT2D eigenvalue weighted by Gasteiger charge is 2.18. The Labute approximate surface area is 185 Å². The van der Waals surface area contributed by atoms with Crippen molar-refractivity contribution in [3.63, 3.8) is 0 Å². The minimum atomic E-state index is -0.427. The molecule has 8 heteroatoms. The smallest absolute Gasteiger partial charge is 0.259 e. The molecule has 0 atom stereocenters. The molecular weight excluding hydrogens is 411 g/mol. The number of aromatic amines is 1. The van der Waals surface area contributed by atoms with E-state index in [9.17, 15) is 14.0 Å². The largest absolute Gasteiger partial charge is 0.491 e. The van der Waals surface area contributed by atoms with Gasteiger partial charge in [-0.3, -0.25) is 14.5 Å². The van der Waals surface area contributed by atoms with E-state index < -0.39 is 5.91 Å². The van der Waals surface area contributed by atoms with Crippen LogP contribution >= 0.6 is 0 Å². The molecule has 0 unspecified atom stereocenters. The Morgan fingerprint density at radius 1 is 0.938 bits per heavy atom. The summed E-state index contributed by atoms with van der Waals surface area (Å²) in [6.45, 7) is 3.49. The molecule has 0 saturated carbocycles. The van der Waals surface area contributed by atoms with E-state index in [0.717, 1.165) is 19.6 Å². The summed E-state index contributed by atoms with van der Waals surface area (Å²) < 4.78 is 19.0. The fraction of sp³-hybridized carbons (Fsp3) is 0.250. The van der Waals surface area contributed by atoms with E-state index >= 15 is 0 Å². The number of hydrogen-bond donors (Lipinski definition) is 3. The number of aromatic nitrogens is 1. The van der Waals surface area contributed by atoms with E-state index in [4.69, 9.17) is 4.74 Å². The average Bonchev–Trinajstić information content (AvgIpc) is 3.48. The van der Waals surface area contributed by atoms with Gasteiger partial charge in [0.05, 0.1) is 16.8 Å². The molecule has 1 aliphatic heterocycles. The Hall–Kier alpha value is -3.65. The SMILES string of the molecule is O=C(Nc1ccc(F)cc1)c1c[nH]cc1NC(=O)c1ccccc1OCCN1CCCC1. The first-order chi connectivity index (χ1) is 15.6. The number of benzene rings is 2. The Morgan fingerprint density at radius 2 is 1.66 bits per heavy atom. The lowest BCUT2D eigenvalue weighted by molar-refractivity contribution is 0.102. The fourth-order valence-corrected chi connectivity index (χ4v) is 3.65. The second kappa shape index (κ2) is 10.1. The van der Waals surface area contributed by atoms with Gasteiger partial charge in [-0.05, 0) is 62.3 Å². The van der Waals surface area contributed by atoms with E-state index in [2.05, 4.69) is 20.5 Å². The predicted octanol–water partition coefficient (Wildman–Crippen LogP) is 4.13. The molecule has 0 spiro atoms. The summed E-state index contributed by atoms with van der Waals surface area (Å²) in [6, 6.07) is 12.5. The molecule has 2 heterocycles. The van der Waals surface area contributed by atoms with Crippen molar-refractivity contribution in [2.75, 3.05) is 36.9 Å². The van der Waals surface area contributed by atoms with Crippen LogP contribution in [0.3, 0.4) is 0 Å². The highest BCUT2D eigenvalue weighted by molar-refractivity contribution is 6.13. The normalized spacial score (nSPS) is 13.7. The minimum Gasteiger partial charge on any atom is -0.491 e. The second-order valence-corrected chi connectivity index (χ2v) is 7.59. The number of anilines is 2. The van der Waals surface area contributed by atoms with Crippen molar-refractivity contribution in [2.45, 2.75) is 12.8 Å². The summed E-state index contributed by atoms with van der Waals surface area (Å²) in [5.74, 6) is -0.698. The summed E-state index contributed by atoms with van der Waals surface area (Å²) in [5.41, 5.74) is 1.43. The third kappa shape index (κ3) is 5.33. The molecular formula is C24H25FN4O3. The first-order valence-electron chi connectivity index (χ1n) is 10.6. The molecule has 32 heavy (non-hydrogen) atoms. The van der Waals surface area contributed by atoms with Crippen molar-refractivity contribution < 1.29 is 18.7 Å². The first kappa shape index (κ1) is 21.6. The summed E-state index contributed by atoms with van der Waals surface area (Å²) in [4.78, 5) is 30.7. The van der Waals surface area contributed by atoms with Gasteiger partial charge in [0, 0.05) is 24.6 Å². The summed E-state index contributed by atoms with van der Waals surface area (Å²) in [7, 11) is 0. The van der Waals surface area contributed by atoms with Gasteiger partial charge >= 0.3 is 0 Å². The molecule has 0 aliphatic carbocycles. The molecule has 2 amide bonds. The highest BCUT2D eigenvalue weighted by atomic mass is 19.1. The van der Waals surface area contributed by atoms with Crippen LogP contribution in [0.25, 0.3) is 0 Å². The number of carbonyl (C=O) groups is 2. The molecule has 4 rings (SSSR count). The number of ether oxygens (including phenoxy) is 1. The van der Waals surface area contributed by atoms with Gasteiger partial charge < -0.3 is 20.4 Å². The van der Waals surface area contributed by atoms with Crippen LogP contribution < -0.4 is 15.4 Å². The monoisotopic (exact) mass is 436 g/mol. The minimum absolute atomic E-state index is 0.259. The van der Waals surface area contributed by atoms with Crippen LogP contribution in [0.1, 0.15) is 33.6 Å². The quantitative estimate of drug-likeness (QED) is 0.496. The average molecular weight is 436 g/mol. The zero-order chi connectivity index (χ0) is 22.3. The molecule has 3 aromatic rings. The maximum atomic E-state index is 13.1. The molecule has 3 N–H and O–H groups in total. The molecule has 1 aliphatic rings. The van der Waals surface area contributed by atoms with Gasteiger partial charge in [0.15, 0.2) is 0 Å². The van der Waals surface area contributed by atoms with Crippen molar-refractivity contribution in [1.29, 1.82) is 0 Å². The standard InChI is InChI=1S/C24H25FN4O3/c25-17-7-9-18(10-8-17)27-24(31)20-15-26-16-21(20)28-23(30)19-5-1-2-6-22(19)32-14-13-29-11-3-4-12-29/h1-2,5-10,15-16,26H,3-4,11-14H2,(H,27,31)(H,28,30). The molecule has 1 fully saturated rings. The van der Waals surface area contributed by atoms with Crippen LogP contribution in [0.5, 0.6) is 5.75 Å². The van der Waals surface area contributed by atoms with Crippen LogP contribution in [0, 0.1) is 5.82 Å². The van der Waals surface area contributed by atoms with Crippen LogP contribution in [0.4, 0.5) is 15.8 Å². The van der Waals surface area contributed by atoms with Crippen LogP contribution in [-0.4, -0.2) is 47.9 Å².